The van der Waals surface area contributed by atoms with Crippen molar-refractivity contribution in [3.05, 3.63) is 72.6 Å². The summed E-state index contributed by atoms with van der Waals surface area (Å²) in [7, 11) is 0. The number of fused-ring (bicyclic) bond motifs is 1. The highest BCUT2D eigenvalue weighted by atomic mass is 32.1. The van der Waals surface area contributed by atoms with E-state index in [4.69, 9.17) is 4.74 Å². The largest absolute Gasteiger partial charge is 0.465 e. The molecule has 0 radical (unpaired) electrons. The highest BCUT2D eigenvalue weighted by molar-refractivity contribution is 7.80. The number of hydrogen-bond acceptors (Lipinski definition) is 7. The Hall–Kier alpha value is -3.79. The van der Waals surface area contributed by atoms with Gasteiger partial charge in [0, 0.05) is 16.0 Å². The van der Waals surface area contributed by atoms with E-state index in [1.807, 2.05) is 37.3 Å². The van der Waals surface area contributed by atoms with Crippen molar-refractivity contribution in [2.75, 3.05) is 0 Å². The molecule has 3 heterocycles. The number of hydrogen-bond donors (Lipinski definition) is 2. The second-order valence-electron chi connectivity index (χ2n) is 6.84. The number of aromatic nitrogens is 7. The maximum absolute atomic E-state index is 13.4. The van der Waals surface area contributed by atoms with Crippen molar-refractivity contribution in [1.29, 1.82) is 0 Å². The summed E-state index contributed by atoms with van der Waals surface area (Å²) in [5.74, 6) is 1.07. The summed E-state index contributed by atoms with van der Waals surface area (Å²) in [5.41, 5.74) is 2.81. The summed E-state index contributed by atoms with van der Waals surface area (Å²) >= 11 is 4.44. The van der Waals surface area contributed by atoms with Gasteiger partial charge in [-0.1, -0.05) is 12.1 Å². The molecule has 1 N–H and O–H groups in total. The number of rotatable bonds is 5. The highest BCUT2D eigenvalue weighted by Crippen LogP contribution is 2.33. The molecule has 31 heavy (non-hydrogen) atoms. The molecular weight excluding hydrogens is 417 g/mol. The fourth-order valence-corrected chi connectivity index (χ4v) is 3.42. The van der Waals surface area contributed by atoms with Gasteiger partial charge in [-0.05, 0) is 55.0 Å². The van der Waals surface area contributed by atoms with Crippen LogP contribution in [0.3, 0.4) is 0 Å². The smallest absolute Gasteiger partial charge is 0.240 e. The van der Waals surface area contributed by atoms with Crippen LogP contribution >= 0.6 is 12.6 Å². The van der Waals surface area contributed by atoms with Crippen molar-refractivity contribution in [3.63, 3.8) is 0 Å². The Labute approximate surface area is 181 Å². The minimum atomic E-state index is -0.434. The number of halogens is 1. The molecule has 1 unspecified atom stereocenters. The summed E-state index contributed by atoms with van der Waals surface area (Å²) in [6, 6.07) is 15.5. The molecule has 5 aromatic rings. The van der Waals surface area contributed by atoms with Gasteiger partial charge in [-0.15, -0.1) is 27.9 Å². The predicted molar refractivity (Wildman–Crippen MR) is 114 cm³/mol. The number of benzene rings is 2. The molecule has 5 rings (SSSR count). The van der Waals surface area contributed by atoms with Crippen LogP contribution in [0.2, 0.25) is 0 Å². The lowest BCUT2D eigenvalue weighted by Crippen LogP contribution is -2.09. The Bertz CT molecular complexity index is 1350. The first-order valence-corrected chi connectivity index (χ1v) is 9.87. The van der Waals surface area contributed by atoms with E-state index in [1.165, 1.54) is 18.5 Å². The molecule has 0 aliphatic heterocycles. The van der Waals surface area contributed by atoms with Gasteiger partial charge in [0.15, 0.2) is 23.4 Å². The number of ether oxygens (including phenoxy) is 1. The topological polar surface area (TPSA) is 93.9 Å². The normalized spacial score (nSPS) is 12.2. The molecule has 2 aromatic carbocycles. The number of nitrogens with one attached hydrogen (secondary N) is 1. The Morgan fingerprint density at radius 1 is 1.06 bits per heavy atom. The van der Waals surface area contributed by atoms with Gasteiger partial charge in [-0.2, -0.15) is 9.61 Å². The Balaban J connectivity index is 1.66. The summed E-state index contributed by atoms with van der Waals surface area (Å²) in [5, 5.41) is 19.9. The molecule has 0 saturated heterocycles. The van der Waals surface area contributed by atoms with E-state index in [0.717, 1.165) is 16.0 Å². The fourth-order valence-electron chi connectivity index (χ4n) is 3.20. The zero-order valence-electron chi connectivity index (χ0n) is 16.3. The van der Waals surface area contributed by atoms with Crippen molar-refractivity contribution >= 4 is 18.3 Å². The molecule has 0 spiro atoms. The van der Waals surface area contributed by atoms with Crippen molar-refractivity contribution < 1.29 is 9.13 Å². The lowest BCUT2D eigenvalue weighted by atomic mass is 10.1. The van der Waals surface area contributed by atoms with Crippen LogP contribution in [0.1, 0.15) is 18.9 Å². The fraction of sp³-hybridized carbons (Fsp3) is 0.0952. The van der Waals surface area contributed by atoms with Gasteiger partial charge in [-0.25, -0.2) is 9.37 Å². The zero-order valence-corrected chi connectivity index (χ0v) is 17.2. The van der Waals surface area contributed by atoms with Gasteiger partial charge in [0.1, 0.15) is 12.1 Å². The number of nitrogens with zero attached hydrogens (tertiary/aromatic N) is 6. The van der Waals surface area contributed by atoms with Crippen molar-refractivity contribution in [1.82, 2.24) is 35.0 Å². The molecule has 3 aromatic heterocycles. The van der Waals surface area contributed by atoms with Crippen LogP contribution in [0.4, 0.5) is 4.39 Å². The molecule has 1 atom stereocenters. The van der Waals surface area contributed by atoms with E-state index < -0.39 is 6.10 Å². The second kappa shape index (κ2) is 7.80. The quantitative estimate of drug-likeness (QED) is 0.405. The third kappa shape index (κ3) is 3.73. The summed E-state index contributed by atoms with van der Waals surface area (Å²) in [6.45, 7) is 1.85. The first-order chi connectivity index (χ1) is 15.1. The van der Waals surface area contributed by atoms with E-state index in [9.17, 15) is 4.39 Å². The molecule has 0 saturated carbocycles. The van der Waals surface area contributed by atoms with Gasteiger partial charge in [-0.3, -0.25) is 5.10 Å². The van der Waals surface area contributed by atoms with Crippen LogP contribution in [-0.2, 0) is 0 Å². The van der Waals surface area contributed by atoms with Crippen LogP contribution in [0.15, 0.2) is 65.8 Å². The third-order valence-corrected chi connectivity index (χ3v) is 5.00. The van der Waals surface area contributed by atoms with Crippen molar-refractivity contribution in [2.24, 2.45) is 0 Å². The summed E-state index contributed by atoms with van der Waals surface area (Å²) in [4.78, 5) is 4.96. The van der Waals surface area contributed by atoms with Crippen molar-refractivity contribution in [3.8, 4) is 28.4 Å². The lowest BCUT2D eigenvalue weighted by Gasteiger charge is -2.15. The summed E-state index contributed by atoms with van der Waals surface area (Å²) < 4.78 is 21.1. The molecule has 154 valence electrons. The summed E-state index contributed by atoms with van der Waals surface area (Å²) in [6.07, 6.45) is 0.986. The third-order valence-electron chi connectivity index (χ3n) is 4.73. The standard InChI is InChI=1S/C21H16FN7OS/c1-12(19-23-11-24-26-19)30-21-17(14-3-2-4-16(31)9-14)10-18-25-27-20(29(18)28-21)13-5-7-15(22)8-6-13/h2-12,31H,1H3,(H,23,24,26). The van der Waals surface area contributed by atoms with Gasteiger partial charge in [0.2, 0.25) is 5.88 Å². The maximum Gasteiger partial charge on any atom is 0.240 e. The zero-order chi connectivity index (χ0) is 21.4. The van der Waals surface area contributed by atoms with E-state index in [2.05, 4.69) is 43.1 Å². The minimum absolute atomic E-state index is 0.329. The van der Waals surface area contributed by atoms with E-state index in [0.29, 0.717) is 28.7 Å². The molecule has 0 aliphatic carbocycles. The van der Waals surface area contributed by atoms with Crippen LogP contribution in [0, 0.1) is 5.82 Å². The number of aromatic amines is 1. The van der Waals surface area contributed by atoms with Crippen LogP contribution in [0.5, 0.6) is 5.88 Å². The second-order valence-corrected chi connectivity index (χ2v) is 7.36. The first kappa shape index (κ1) is 19.2. The van der Waals surface area contributed by atoms with Crippen LogP contribution in [0.25, 0.3) is 28.2 Å². The molecular formula is C21H16FN7OS. The molecule has 10 heteroatoms. The Morgan fingerprint density at radius 2 is 1.90 bits per heavy atom. The highest BCUT2D eigenvalue weighted by Gasteiger charge is 2.19. The maximum atomic E-state index is 13.4. The van der Waals surface area contributed by atoms with Gasteiger partial charge < -0.3 is 4.74 Å². The monoisotopic (exact) mass is 433 g/mol. The van der Waals surface area contributed by atoms with E-state index >= 15 is 0 Å². The van der Waals surface area contributed by atoms with Crippen molar-refractivity contribution in [2.45, 2.75) is 17.9 Å². The van der Waals surface area contributed by atoms with Crippen LogP contribution in [-0.4, -0.2) is 35.0 Å². The molecule has 8 nitrogen and oxygen atoms in total. The average molecular weight is 433 g/mol. The number of thiol groups is 1. The van der Waals surface area contributed by atoms with Crippen LogP contribution < -0.4 is 4.74 Å². The predicted octanol–water partition coefficient (Wildman–Crippen LogP) is 4.14. The first-order valence-electron chi connectivity index (χ1n) is 9.42. The SMILES string of the molecule is CC(Oc1nn2c(-c3ccc(F)cc3)nnc2cc1-c1cccc(S)c1)c1ncn[nH]1. The minimum Gasteiger partial charge on any atom is -0.465 e. The Morgan fingerprint density at radius 3 is 2.65 bits per heavy atom. The van der Waals surface area contributed by atoms with Gasteiger partial charge in [0.25, 0.3) is 0 Å². The molecule has 0 fully saturated rings. The number of H-pyrrole nitrogens is 1. The Kier molecular flexibility index (Phi) is 4.83. The molecule has 0 amide bonds. The van der Waals surface area contributed by atoms with E-state index in [-0.39, 0.29) is 5.82 Å². The average Bonchev–Trinajstić information content (AvgIpc) is 3.44. The van der Waals surface area contributed by atoms with E-state index in [1.54, 1.807) is 16.6 Å². The lowest BCUT2D eigenvalue weighted by molar-refractivity contribution is 0.206. The van der Waals surface area contributed by atoms with Gasteiger partial charge in [0.05, 0.1) is 0 Å². The molecule has 0 bridgehead atoms. The van der Waals surface area contributed by atoms with Gasteiger partial charge >= 0.3 is 0 Å². The molecule has 0 aliphatic rings.